The Morgan fingerprint density at radius 3 is 2.29 bits per heavy atom. The molecule has 7 atom stereocenters. The highest BCUT2D eigenvalue weighted by Crippen LogP contribution is 2.38. The molecule has 1 saturated heterocycles. The van der Waals surface area contributed by atoms with E-state index >= 15 is 0 Å². The van der Waals surface area contributed by atoms with Crippen LogP contribution in [0.1, 0.15) is 12.8 Å². The van der Waals surface area contributed by atoms with Crippen molar-refractivity contribution < 1.29 is 25.2 Å². The molecule has 8 N–H and O–H groups in total. The first-order chi connectivity index (χ1) is 7.88. The second kappa shape index (κ2) is 4.43. The van der Waals surface area contributed by atoms with Gasteiger partial charge in [-0.05, 0) is 6.42 Å². The maximum Gasteiger partial charge on any atom is 0.114 e. The Hall–Kier alpha value is -0.280. The summed E-state index contributed by atoms with van der Waals surface area (Å²) in [6.07, 6.45) is -4.14. The van der Waals surface area contributed by atoms with Gasteiger partial charge in [-0.15, -0.1) is 0 Å². The number of hydrogen-bond donors (Lipinski definition) is 6. The molecule has 0 unspecified atom stereocenters. The third-order valence-corrected chi connectivity index (χ3v) is 3.91. The zero-order valence-corrected chi connectivity index (χ0v) is 9.44. The molecule has 0 radical (unpaired) electrons. The number of rotatable bonds is 0. The van der Waals surface area contributed by atoms with Crippen LogP contribution < -0.4 is 11.5 Å². The first-order valence-electron chi connectivity index (χ1n) is 5.76. The first kappa shape index (κ1) is 13.2. The molecule has 100 valence electrons. The van der Waals surface area contributed by atoms with Crippen molar-refractivity contribution in [2.45, 2.75) is 54.9 Å². The van der Waals surface area contributed by atoms with Gasteiger partial charge in [-0.25, -0.2) is 0 Å². The largest absolute Gasteiger partial charge is 0.390 e. The summed E-state index contributed by atoms with van der Waals surface area (Å²) >= 11 is 0. The van der Waals surface area contributed by atoms with Gasteiger partial charge in [-0.1, -0.05) is 0 Å². The normalized spacial score (nSPS) is 56.1. The van der Waals surface area contributed by atoms with Gasteiger partial charge in [0.05, 0.1) is 18.8 Å². The van der Waals surface area contributed by atoms with E-state index in [-0.39, 0.29) is 13.0 Å². The molecule has 2 fully saturated rings. The van der Waals surface area contributed by atoms with Gasteiger partial charge in [0.2, 0.25) is 0 Å². The molecule has 1 heterocycles. The summed E-state index contributed by atoms with van der Waals surface area (Å²) < 4.78 is 5.43. The standard InChI is InChI=1S/C10H20N2O5/c11-4-1-7(12)10(9(16)8(4)15)2-5(13)6(14)3-17-10/h4-9,13-16H,1-3,11-12H2/t4-,5+,6-,7+,8+,9-,10+/m1/s1. The highest BCUT2D eigenvalue weighted by Gasteiger charge is 2.56. The van der Waals surface area contributed by atoms with Crippen LogP contribution in [0.5, 0.6) is 0 Å². The van der Waals surface area contributed by atoms with Crippen molar-refractivity contribution in [3.63, 3.8) is 0 Å². The summed E-state index contributed by atoms with van der Waals surface area (Å²) in [5, 5.41) is 38.9. The van der Waals surface area contributed by atoms with Crippen molar-refractivity contribution >= 4 is 0 Å². The number of ether oxygens (including phenoxy) is 1. The van der Waals surface area contributed by atoms with Crippen molar-refractivity contribution in [1.29, 1.82) is 0 Å². The summed E-state index contributed by atoms with van der Waals surface area (Å²) in [6.45, 7) is -0.117. The minimum absolute atomic E-state index is 0.0136. The van der Waals surface area contributed by atoms with Crippen molar-refractivity contribution in [1.82, 2.24) is 0 Å². The highest BCUT2D eigenvalue weighted by atomic mass is 16.5. The SMILES string of the molecule is N[C@@H]1C[C@H](N)[C@@]2(C[C@H](O)[C@H](O)CO2)[C@H](O)[C@H]1O. The van der Waals surface area contributed by atoms with E-state index in [4.69, 9.17) is 16.2 Å². The quantitative estimate of drug-likeness (QED) is 0.263. The average Bonchev–Trinajstić information content (AvgIpc) is 2.29. The van der Waals surface area contributed by atoms with Crippen LogP contribution in [0.4, 0.5) is 0 Å². The molecule has 17 heavy (non-hydrogen) atoms. The predicted molar refractivity (Wildman–Crippen MR) is 57.9 cm³/mol. The van der Waals surface area contributed by atoms with Crippen LogP contribution in [0.2, 0.25) is 0 Å². The van der Waals surface area contributed by atoms with Crippen LogP contribution in [-0.2, 0) is 4.74 Å². The zero-order valence-electron chi connectivity index (χ0n) is 9.44. The van der Waals surface area contributed by atoms with Crippen molar-refractivity contribution in [2.75, 3.05) is 6.61 Å². The Morgan fingerprint density at radius 1 is 1.06 bits per heavy atom. The highest BCUT2D eigenvalue weighted by molar-refractivity contribution is 5.10. The number of aliphatic hydroxyl groups excluding tert-OH is 4. The molecule has 1 aliphatic carbocycles. The second-order valence-electron chi connectivity index (χ2n) is 5.05. The molecule has 0 aromatic heterocycles. The van der Waals surface area contributed by atoms with Crippen molar-refractivity contribution in [2.24, 2.45) is 11.5 Å². The predicted octanol–water partition coefficient (Wildman–Crippen LogP) is -3.35. The van der Waals surface area contributed by atoms with E-state index < -0.39 is 42.1 Å². The molecule has 7 heteroatoms. The zero-order chi connectivity index (χ0) is 12.8. The lowest BCUT2D eigenvalue weighted by Crippen LogP contribution is -2.72. The van der Waals surface area contributed by atoms with Crippen molar-refractivity contribution in [3.8, 4) is 0 Å². The minimum atomic E-state index is -1.26. The van der Waals surface area contributed by atoms with Crippen LogP contribution in [0, 0.1) is 0 Å². The Bertz CT molecular complexity index is 292. The molecule has 1 aliphatic heterocycles. The summed E-state index contributed by atoms with van der Waals surface area (Å²) in [7, 11) is 0. The van der Waals surface area contributed by atoms with Gasteiger partial charge >= 0.3 is 0 Å². The molecular formula is C10H20N2O5. The maximum absolute atomic E-state index is 10.1. The molecule has 7 nitrogen and oxygen atoms in total. The Morgan fingerprint density at radius 2 is 1.71 bits per heavy atom. The Kier molecular flexibility index (Phi) is 3.43. The third kappa shape index (κ3) is 1.97. The van der Waals surface area contributed by atoms with E-state index in [1.54, 1.807) is 0 Å². The lowest BCUT2D eigenvalue weighted by atomic mass is 9.70. The molecule has 0 aromatic rings. The van der Waals surface area contributed by atoms with Gasteiger partial charge in [0.25, 0.3) is 0 Å². The third-order valence-electron chi connectivity index (χ3n) is 3.91. The lowest BCUT2D eigenvalue weighted by molar-refractivity contribution is -0.248. The van der Waals surface area contributed by atoms with Gasteiger partial charge in [-0.2, -0.15) is 0 Å². The fourth-order valence-corrected chi connectivity index (χ4v) is 2.71. The molecule has 0 aromatic carbocycles. The van der Waals surface area contributed by atoms with Gasteiger partial charge in [0.15, 0.2) is 0 Å². The van der Waals surface area contributed by atoms with E-state index in [0.717, 1.165) is 0 Å². The molecule has 1 saturated carbocycles. The van der Waals surface area contributed by atoms with E-state index in [9.17, 15) is 20.4 Å². The molecular weight excluding hydrogens is 228 g/mol. The Balaban J connectivity index is 2.23. The number of hydrogen-bond acceptors (Lipinski definition) is 7. The molecule has 0 bridgehead atoms. The lowest BCUT2D eigenvalue weighted by Gasteiger charge is -2.52. The topological polar surface area (TPSA) is 142 Å². The summed E-state index contributed by atoms with van der Waals surface area (Å²) in [6, 6.07) is -1.20. The maximum atomic E-state index is 10.1. The average molecular weight is 248 g/mol. The fraction of sp³-hybridized carbons (Fsp3) is 1.00. The summed E-state index contributed by atoms with van der Waals surface area (Å²) in [4.78, 5) is 0. The monoisotopic (exact) mass is 248 g/mol. The molecule has 1 spiro atoms. The molecule has 0 amide bonds. The number of aliphatic hydroxyl groups is 4. The van der Waals surface area contributed by atoms with Crippen LogP contribution in [-0.4, -0.2) is 69.1 Å². The summed E-state index contributed by atoms with van der Waals surface area (Å²) in [5.74, 6) is 0. The van der Waals surface area contributed by atoms with Crippen LogP contribution in [0.3, 0.4) is 0 Å². The van der Waals surface area contributed by atoms with Crippen LogP contribution in [0.15, 0.2) is 0 Å². The van der Waals surface area contributed by atoms with Crippen LogP contribution in [0.25, 0.3) is 0 Å². The minimum Gasteiger partial charge on any atom is -0.390 e. The van der Waals surface area contributed by atoms with Crippen molar-refractivity contribution in [3.05, 3.63) is 0 Å². The smallest absolute Gasteiger partial charge is 0.114 e. The summed E-state index contributed by atoms with van der Waals surface area (Å²) in [5.41, 5.74) is 10.4. The first-order valence-corrected chi connectivity index (χ1v) is 5.76. The van der Waals surface area contributed by atoms with Gasteiger partial charge in [0, 0.05) is 18.5 Å². The van der Waals surface area contributed by atoms with E-state index in [0.29, 0.717) is 6.42 Å². The van der Waals surface area contributed by atoms with E-state index in [1.807, 2.05) is 0 Å². The number of nitrogens with two attached hydrogens (primary N) is 2. The fourth-order valence-electron chi connectivity index (χ4n) is 2.71. The van der Waals surface area contributed by atoms with E-state index in [1.165, 1.54) is 0 Å². The van der Waals surface area contributed by atoms with Crippen LogP contribution >= 0.6 is 0 Å². The van der Waals surface area contributed by atoms with Gasteiger partial charge < -0.3 is 36.6 Å². The van der Waals surface area contributed by atoms with E-state index in [2.05, 4.69) is 0 Å². The second-order valence-corrected chi connectivity index (χ2v) is 5.05. The molecule has 2 aliphatic rings. The van der Waals surface area contributed by atoms with Gasteiger partial charge in [0.1, 0.15) is 17.8 Å². The Labute approximate surface area is 99.0 Å². The molecule has 2 rings (SSSR count). The van der Waals surface area contributed by atoms with Gasteiger partial charge in [-0.3, -0.25) is 0 Å².